The van der Waals surface area contributed by atoms with Crippen LogP contribution < -0.4 is 5.32 Å². The number of amides is 1. The largest absolute Gasteiger partial charge is 0.317 e. The zero-order chi connectivity index (χ0) is 13.8. The number of Topliss-reactive ketones (excluding diaryl/α,β-unsaturated/α-hetero) is 1. The summed E-state index contributed by atoms with van der Waals surface area (Å²) in [5.74, 6) is -1.60. The molecule has 1 amide bonds. The van der Waals surface area contributed by atoms with Gasteiger partial charge in [-0.25, -0.2) is 4.39 Å². The molecule has 1 aromatic carbocycles. The molecule has 0 saturated heterocycles. The molecule has 0 aliphatic carbocycles. The van der Waals surface area contributed by atoms with Crippen molar-refractivity contribution in [3.05, 3.63) is 48.0 Å². The van der Waals surface area contributed by atoms with Gasteiger partial charge in [-0.2, -0.15) is 5.10 Å². The van der Waals surface area contributed by atoms with Crippen LogP contribution in [-0.4, -0.2) is 21.5 Å². The number of aromatic nitrogens is 2. The van der Waals surface area contributed by atoms with Crippen molar-refractivity contribution in [3.8, 4) is 0 Å². The van der Waals surface area contributed by atoms with E-state index in [0.29, 0.717) is 11.3 Å². The summed E-state index contributed by atoms with van der Waals surface area (Å²) >= 11 is 0. The maximum atomic E-state index is 13.4. The van der Waals surface area contributed by atoms with Crippen LogP contribution >= 0.6 is 0 Å². The maximum absolute atomic E-state index is 13.4. The van der Waals surface area contributed by atoms with Crippen LogP contribution in [0.5, 0.6) is 0 Å². The second-order valence-corrected chi connectivity index (χ2v) is 4.03. The van der Waals surface area contributed by atoms with E-state index in [9.17, 15) is 14.0 Å². The first kappa shape index (κ1) is 12.9. The Bertz CT molecular complexity index is 622. The smallest absolute Gasteiger partial charge is 0.291 e. The summed E-state index contributed by atoms with van der Waals surface area (Å²) in [5.41, 5.74) is 0.895. The summed E-state index contributed by atoms with van der Waals surface area (Å²) in [5, 5.41) is 6.39. The first-order valence-electron chi connectivity index (χ1n) is 5.64. The molecule has 0 aliphatic heterocycles. The number of benzene rings is 1. The molecule has 0 atom stereocenters. The summed E-state index contributed by atoms with van der Waals surface area (Å²) in [7, 11) is 0. The number of nitrogens with one attached hydrogen (secondary N) is 1. The van der Waals surface area contributed by atoms with Gasteiger partial charge in [0.1, 0.15) is 5.82 Å². The molecule has 5 nitrogen and oxygen atoms in total. The number of ketones is 1. The quantitative estimate of drug-likeness (QED) is 0.850. The van der Waals surface area contributed by atoms with Crippen molar-refractivity contribution >= 4 is 17.4 Å². The number of hydrogen-bond donors (Lipinski definition) is 1. The molecule has 0 fully saturated rings. The summed E-state index contributed by atoms with van der Waals surface area (Å²) in [6.45, 7) is 1.43. The number of nitrogens with zero attached hydrogens (tertiary/aromatic N) is 2. The van der Waals surface area contributed by atoms with E-state index >= 15 is 0 Å². The van der Waals surface area contributed by atoms with Crippen LogP contribution in [-0.2, 0) is 16.1 Å². The number of anilines is 1. The molecule has 0 aliphatic rings. The van der Waals surface area contributed by atoms with E-state index in [4.69, 9.17) is 0 Å². The molecule has 0 unspecified atom stereocenters. The highest BCUT2D eigenvalue weighted by molar-refractivity contribution is 6.39. The number of carbonyl (C=O) groups is 2. The molecule has 98 valence electrons. The topological polar surface area (TPSA) is 64.0 Å². The van der Waals surface area contributed by atoms with Gasteiger partial charge in [0, 0.05) is 18.7 Å². The van der Waals surface area contributed by atoms with Gasteiger partial charge in [0.2, 0.25) is 5.78 Å². The van der Waals surface area contributed by atoms with Crippen molar-refractivity contribution in [2.24, 2.45) is 0 Å². The van der Waals surface area contributed by atoms with E-state index in [1.165, 1.54) is 30.1 Å². The van der Waals surface area contributed by atoms with Gasteiger partial charge in [-0.05, 0) is 6.07 Å². The predicted octanol–water partition coefficient (Wildman–Crippen LogP) is 1.60. The van der Waals surface area contributed by atoms with Crippen LogP contribution in [0.2, 0.25) is 0 Å². The minimum Gasteiger partial charge on any atom is -0.317 e. The highest BCUT2D eigenvalue weighted by Crippen LogP contribution is 2.10. The highest BCUT2D eigenvalue weighted by Gasteiger charge is 2.09. The van der Waals surface area contributed by atoms with Gasteiger partial charge in [0.15, 0.2) is 0 Å². The van der Waals surface area contributed by atoms with E-state index < -0.39 is 11.7 Å². The first-order valence-corrected chi connectivity index (χ1v) is 5.64. The molecule has 1 aromatic heterocycles. The predicted molar refractivity (Wildman–Crippen MR) is 67.0 cm³/mol. The highest BCUT2D eigenvalue weighted by atomic mass is 19.1. The number of rotatable bonds is 4. The third-order valence-corrected chi connectivity index (χ3v) is 2.50. The molecule has 2 rings (SSSR count). The molecule has 0 spiro atoms. The second-order valence-electron chi connectivity index (χ2n) is 4.03. The average Bonchev–Trinajstić information content (AvgIpc) is 2.79. The van der Waals surface area contributed by atoms with Gasteiger partial charge in [-0.1, -0.05) is 18.2 Å². The Morgan fingerprint density at radius 1 is 1.37 bits per heavy atom. The molecule has 0 bridgehead atoms. The molecule has 0 radical (unpaired) electrons. The Labute approximate surface area is 109 Å². The number of hydrogen-bond acceptors (Lipinski definition) is 3. The number of carbonyl (C=O) groups excluding carboxylic acids is 2. The van der Waals surface area contributed by atoms with Crippen LogP contribution in [0.1, 0.15) is 12.5 Å². The van der Waals surface area contributed by atoms with Crippen molar-refractivity contribution < 1.29 is 14.0 Å². The normalized spacial score (nSPS) is 10.2. The van der Waals surface area contributed by atoms with Gasteiger partial charge in [-0.15, -0.1) is 0 Å². The summed E-state index contributed by atoms with van der Waals surface area (Å²) in [4.78, 5) is 22.0. The molecule has 19 heavy (non-hydrogen) atoms. The van der Waals surface area contributed by atoms with Gasteiger partial charge in [-0.3, -0.25) is 14.3 Å². The molecular formula is C13H12FN3O2. The van der Waals surface area contributed by atoms with Gasteiger partial charge in [0.05, 0.1) is 18.4 Å². The average molecular weight is 261 g/mol. The Hall–Kier alpha value is -2.50. The molecule has 0 saturated carbocycles. The lowest BCUT2D eigenvalue weighted by molar-refractivity contribution is -0.133. The standard InChI is InChI=1S/C13H12FN3O2/c1-9(18)13(19)16-11-6-15-17(8-11)7-10-4-2-3-5-12(10)14/h2-6,8H,7H2,1H3,(H,16,19). The summed E-state index contributed by atoms with van der Waals surface area (Å²) < 4.78 is 14.9. The third kappa shape index (κ3) is 3.25. The zero-order valence-corrected chi connectivity index (χ0v) is 10.3. The lowest BCUT2D eigenvalue weighted by Gasteiger charge is -2.02. The summed E-state index contributed by atoms with van der Waals surface area (Å²) in [6, 6.07) is 6.38. The van der Waals surface area contributed by atoms with Crippen LogP contribution in [0.25, 0.3) is 0 Å². The van der Waals surface area contributed by atoms with Crippen LogP contribution in [0.15, 0.2) is 36.7 Å². The fourth-order valence-corrected chi connectivity index (χ4v) is 1.53. The lowest BCUT2D eigenvalue weighted by Crippen LogP contribution is -2.19. The van der Waals surface area contributed by atoms with Gasteiger partial charge in [0.25, 0.3) is 5.91 Å². The Kier molecular flexibility index (Phi) is 3.70. The SMILES string of the molecule is CC(=O)C(=O)Nc1cnn(Cc2ccccc2F)c1. The molecule has 1 heterocycles. The van der Waals surface area contributed by atoms with Gasteiger partial charge < -0.3 is 5.32 Å². The minimum atomic E-state index is -0.703. The second kappa shape index (κ2) is 5.43. The molecule has 6 heteroatoms. The third-order valence-electron chi connectivity index (χ3n) is 2.50. The minimum absolute atomic E-state index is 0.253. The van der Waals surface area contributed by atoms with E-state index in [1.807, 2.05) is 0 Å². The number of halogens is 1. The van der Waals surface area contributed by atoms with Crippen molar-refractivity contribution in [1.29, 1.82) is 0 Å². The Balaban J connectivity index is 2.08. The van der Waals surface area contributed by atoms with E-state index in [2.05, 4.69) is 10.4 Å². The van der Waals surface area contributed by atoms with Crippen molar-refractivity contribution in [2.45, 2.75) is 13.5 Å². The zero-order valence-electron chi connectivity index (χ0n) is 10.3. The Morgan fingerprint density at radius 2 is 2.11 bits per heavy atom. The van der Waals surface area contributed by atoms with Crippen LogP contribution in [0.3, 0.4) is 0 Å². The fraction of sp³-hybridized carbons (Fsp3) is 0.154. The van der Waals surface area contributed by atoms with E-state index in [0.717, 1.165) is 0 Å². The van der Waals surface area contributed by atoms with E-state index in [-0.39, 0.29) is 12.4 Å². The van der Waals surface area contributed by atoms with Crippen molar-refractivity contribution in [3.63, 3.8) is 0 Å². The molecule has 1 N–H and O–H groups in total. The van der Waals surface area contributed by atoms with Gasteiger partial charge >= 0.3 is 0 Å². The first-order chi connectivity index (χ1) is 9.06. The Morgan fingerprint density at radius 3 is 2.79 bits per heavy atom. The maximum Gasteiger partial charge on any atom is 0.291 e. The lowest BCUT2D eigenvalue weighted by atomic mass is 10.2. The van der Waals surface area contributed by atoms with Crippen molar-refractivity contribution in [1.82, 2.24) is 9.78 Å². The molecule has 2 aromatic rings. The molecular weight excluding hydrogens is 249 g/mol. The van der Waals surface area contributed by atoms with E-state index in [1.54, 1.807) is 18.2 Å². The van der Waals surface area contributed by atoms with Crippen molar-refractivity contribution in [2.75, 3.05) is 5.32 Å². The fourth-order valence-electron chi connectivity index (χ4n) is 1.53. The monoisotopic (exact) mass is 261 g/mol. The van der Waals surface area contributed by atoms with Crippen LogP contribution in [0.4, 0.5) is 10.1 Å². The summed E-state index contributed by atoms with van der Waals surface area (Å²) in [6.07, 6.45) is 2.94. The van der Waals surface area contributed by atoms with Crippen LogP contribution in [0, 0.1) is 5.82 Å².